The highest BCUT2D eigenvalue weighted by atomic mass is 16.5. The average molecular weight is 196 g/mol. The van der Waals surface area contributed by atoms with Crippen molar-refractivity contribution in [2.24, 2.45) is 7.05 Å². The molecular formula is C9H16N4O. The van der Waals surface area contributed by atoms with Crippen LogP contribution in [0, 0.1) is 0 Å². The number of nitrogens with one attached hydrogen (secondary N) is 2. The van der Waals surface area contributed by atoms with E-state index in [4.69, 9.17) is 4.74 Å². The minimum atomic E-state index is 0.495. The van der Waals surface area contributed by atoms with Gasteiger partial charge in [-0.1, -0.05) is 0 Å². The number of ether oxygens (including phenoxy) is 1. The van der Waals surface area contributed by atoms with E-state index in [0.29, 0.717) is 6.04 Å². The first-order chi connectivity index (χ1) is 6.79. The summed E-state index contributed by atoms with van der Waals surface area (Å²) in [5, 5.41) is 11.0. The van der Waals surface area contributed by atoms with Crippen molar-refractivity contribution in [2.75, 3.05) is 25.5 Å². The molecule has 1 aliphatic heterocycles. The minimum absolute atomic E-state index is 0.495. The van der Waals surface area contributed by atoms with Crippen molar-refractivity contribution in [1.82, 2.24) is 15.1 Å². The standard InChI is InChI=1S/C9H16N4O/c1-13-9(14-2)5-8(12-13)11-7-3-4-10-6-7/h5,7,10H,3-4,6H2,1-2H3,(H,11,12). The lowest BCUT2D eigenvalue weighted by molar-refractivity contribution is 0.373. The molecule has 2 heterocycles. The third kappa shape index (κ3) is 1.82. The number of hydrogen-bond acceptors (Lipinski definition) is 4. The molecule has 5 nitrogen and oxygen atoms in total. The monoisotopic (exact) mass is 196 g/mol. The second kappa shape index (κ2) is 3.88. The Labute approximate surface area is 83.4 Å². The number of nitrogens with zero attached hydrogens (tertiary/aromatic N) is 2. The molecule has 1 aromatic rings. The summed E-state index contributed by atoms with van der Waals surface area (Å²) < 4.78 is 6.86. The van der Waals surface area contributed by atoms with Gasteiger partial charge in [0.1, 0.15) is 0 Å². The number of aryl methyl sites for hydroxylation is 1. The fourth-order valence-electron chi connectivity index (χ4n) is 1.70. The van der Waals surface area contributed by atoms with Crippen LogP contribution >= 0.6 is 0 Å². The van der Waals surface area contributed by atoms with Gasteiger partial charge in [-0.3, -0.25) is 0 Å². The average Bonchev–Trinajstić information content (AvgIpc) is 2.76. The molecule has 78 valence electrons. The van der Waals surface area contributed by atoms with Gasteiger partial charge < -0.3 is 15.4 Å². The Morgan fingerprint density at radius 3 is 3.14 bits per heavy atom. The molecule has 0 amide bonds. The van der Waals surface area contributed by atoms with Gasteiger partial charge in [-0.15, -0.1) is 0 Å². The van der Waals surface area contributed by atoms with Crippen molar-refractivity contribution in [1.29, 1.82) is 0 Å². The lowest BCUT2D eigenvalue weighted by Crippen LogP contribution is -2.22. The Balaban J connectivity index is 2.01. The lowest BCUT2D eigenvalue weighted by Gasteiger charge is -2.08. The van der Waals surface area contributed by atoms with Crippen LogP contribution in [0.15, 0.2) is 6.07 Å². The number of aromatic nitrogens is 2. The zero-order chi connectivity index (χ0) is 9.97. The molecule has 0 saturated carbocycles. The van der Waals surface area contributed by atoms with E-state index in [2.05, 4.69) is 15.7 Å². The Morgan fingerprint density at radius 2 is 2.57 bits per heavy atom. The fourth-order valence-corrected chi connectivity index (χ4v) is 1.70. The van der Waals surface area contributed by atoms with Gasteiger partial charge in [-0.2, -0.15) is 5.10 Å². The molecule has 1 fully saturated rings. The summed E-state index contributed by atoms with van der Waals surface area (Å²) in [6, 6.07) is 2.41. The van der Waals surface area contributed by atoms with Crippen LogP contribution in [0.2, 0.25) is 0 Å². The van der Waals surface area contributed by atoms with Crippen molar-refractivity contribution < 1.29 is 4.74 Å². The molecule has 0 aliphatic carbocycles. The third-order valence-electron chi connectivity index (χ3n) is 2.46. The molecule has 1 saturated heterocycles. The van der Waals surface area contributed by atoms with E-state index in [1.807, 2.05) is 13.1 Å². The maximum Gasteiger partial charge on any atom is 0.213 e. The fraction of sp³-hybridized carbons (Fsp3) is 0.667. The van der Waals surface area contributed by atoms with Crippen LogP contribution in [-0.2, 0) is 7.05 Å². The molecule has 0 spiro atoms. The Bertz CT molecular complexity index is 304. The van der Waals surface area contributed by atoms with Gasteiger partial charge >= 0.3 is 0 Å². The lowest BCUT2D eigenvalue weighted by atomic mass is 10.3. The normalized spacial score (nSPS) is 21.1. The van der Waals surface area contributed by atoms with Crippen LogP contribution in [0.25, 0.3) is 0 Å². The topological polar surface area (TPSA) is 51.1 Å². The van der Waals surface area contributed by atoms with Crippen LogP contribution in [0.4, 0.5) is 5.82 Å². The molecule has 14 heavy (non-hydrogen) atoms. The molecule has 1 aromatic heterocycles. The number of rotatable bonds is 3. The van der Waals surface area contributed by atoms with E-state index in [1.54, 1.807) is 11.8 Å². The SMILES string of the molecule is COc1cc(NC2CCNC2)nn1C. The van der Waals surface area contributed by atoms with Gasteiger partial charge in [-0.25, -0.2) is 4.68 Å². The van der Waals surface area contributed by atoms with Crippen LogP contribution in [-0.4, -0.2) is 36.0 Å². The summed E-state index contributed by atoms with van der Waals surface area (Å²) in [6.07, 6.45) is 1.15. The summed E-state index contributed by atoms with van der Waals surface area (Å²) in [7, 11) is 3.52. The summed E-state index contributed by atoms with van der Waals surface area (Å²) in [6.45, 7) is 2.10. The second-order valence-corrected chi connectivity index (χ2v) is 3.53. The van der Waals surface area contributed by atoms with Crippen LogP contribution in [0.1, 0.15) is 6.42 Å². The van der Waals surface area contributed by atoms with E-state index in [0.717, 1.165) is 31.2 Å². The zero-order valence-corrected chi connectivity index (χ0v) is 8.58. The third-order valence-corrected chi connectivity index (χ3v) is 2.46. The highest BCUT2D eigenvalue weighted by Crippen LogP contribution is 2.16. The minimum Gasteiger partial charge on any atom is -0.481 e. The second-order valence-electron chi connectivity index (χ2n) is 3.53. The largest absolute Gasteiger partial charge is 0.481 e. The van der Waals surface area contributed by atoms with Gasteiger partial charge in [0.05, 0.1) is 7.11 Å². The molecule has 2 rings (SSSR count). The van der Waals surface area contributed by atoms with Crippen molar-refractivity contribution in [3.63, 3.8) is 0 Å². The molecular weight excluding hydrogens is 180 g/mol. The number of methoxy groups -OCH3 is 1. The van der Waals surface area contributed by atoms with Crippen LogP contribution < -0.4 is 15.4 Å². The zero-order valence-electron chi connectivity index (χ0n) is 8.58. The maximum absolute atomic E-state index is 5.13. The Hall–Kier alpha value is -1.23. The molecule has 1 atom stereocenters. The Kier molecular flexibility index (Phi) is 2.58. The highest BCUT2D eigenvalue weighted by Gasteiger charge is 2.15. The van der Waals surface area contributed by atoms with Crippen molar-refractivity contribution in [2.45, 2.75) is 12.5 Å². The van der Waals surface area contributed by atoms with Crippen LogP contribution in [0.5, 0.6) is 5.88 Å². The molecule has 1 unspecified atom stereocenters. The molecule has 0 bridgehead atoms. The van der Waals surface area contributed by atoms with Gasteiger partial charge in [-0.05, 0) is 13.0 Å². The van der Waals surface area contributed by atoms with E-state index in [1.165, 1.54) is 0 Å². The molecule has 0 radical (unpaired) electrons. The Morgan fingerprint density at radius 1 is 1.71 bits per heavy atom. The molecule has 1 aliphatic rings. The maximum atomic E-state index is 5.13. The molecule has 2 N–H and O–H groups in total. The molecule has 5 heteroatoms. The van der Waals surface area contributed by atoms with Gasteiger partial charge in [0.15, 0.2) is 5.82 Å². The first-order valence-electron chi connectivity index (χ1n) is 4.85. The summed E-state index contributed by atoms with van der Waals surface area (Å²) in [5.41, 5.74) is 0. The first-order valence-corrected chi connectivity index (χ1v) is 4.85. The predicted molar refractivity (Wildman–Crippen MR) is 54.7 cm³/mol. The van der Waals surface area contributed by atoms with E-state index >= 15 is 0 Å². The van der Waals surface area contributed by atoms with Crippen molar-refractivity contribution in [3.8, 4) is 5.88 Å². The van der Waals surface area contributed by atoms with Gasteiger partial charge in [0, 0.05) is 25.7 Å². The smallest absolute Gasteiger partial charge is 0.213 e. The van der Waals surface area contributed by atoms with E-state index in [-0.39, 0.29) is 0 Å². The summed E-state index contributed by atoms with van der Waals surface area (Å²) >= 11 is 0. The highest BCUT2D eigenvalue weighted by molar-refractivity contribution is 5.39. The molecule has 0 aromatic carbocycles. The van der Waals surface area contributed by atoms with Crippen LogP contribution in [0.3, 0.4) is 0 Å². The predicted octanol–water partition coefficient (Wildman–Crippen LogP) is 0.202. The van der Waals surface area contributed by atoms with Gasteiger partial charge in [0.25, 0.3) is 0 Å². The van der Waals surface area contributed by atoms with E-state index < -0.39 is 0 Å². The quantitative estimate of drug-likeness (QED) is 0.725. The van der Waals surface area contributed by atoms with Gasteiger partial charge in [0.2, 0.25) is 5.88 Å². The summed E-state index contributed by atoms with van der Waals surface area (Å²) in [4.78, 5) is 0. The first kappa shape index (κ1) is 9.33. The number of hydrogen-bond donors (Lipinski definition) is 2. The number of anilines is 1. The van der Waals surface area contributed by atoms with Crippen molar-refractivity contribution in [3.05, 3.63) is 6.07 Å². The summed E-state index contributed by atoms with van der Waals surface area (Å²) in [5.74, 6) is 1.66. The van der Waals surface area contributed by atoms with E-state index in [9.17, 15) is 0 Å². The van der Waals surface area contributed by atoms with Crippen molar-refractivity contribution >= 4 is 5.82 Å².